The van der Waals surface area contributed by atoms with Crippen LogP contribution in [-0.2, 0) is 15.8 Å². The molecule has 3 amide bonds. The van der Waals surface area contributed by atoms with Gasteiger partial charge in [0.25, 0.3) is 5.91 Å². The molecule has 0 spiro atoms. The number of nitrogens with zero attached hydrogens (tertiary/aromatic N) is 2. The van der Waals surface area contributed by atoms with E-state index < -0.39 is 34.3 Å². The fraction of sp³-hybridized carbons (Fsp3) is 0.667. The van der Waals surface area contributed by atoms with Crippen LogP contribution in [-0.4, -0.2) is 39.1 Å². The lowest BCUT2D eigenvalue weighted by atomic mass is 9.47. The first-order valence-corrected chi connectivity index (χ1v) is 12.0. The Balaban J connectivity index is 1.55. The van der Waals surface area contributed by atoms with Crippen LogP contribution in [0.3, 0.4) is 0 Å². The Kier molecular flexibility index (Phi) is 6.25. The first-order chi connectivity index (χ1) is 16.2. The Morgan fingerprint density at radius 2 is 1.83 bits per heavy atom. The first kappa shape index (κ1) is 25.2. The van der Waals surface area contributed by atoms with E-state index >= 15 is 0 Å². The van der Waals surface area contributed by atoms with E-state index in [0.29, 0.717) is 23.4 Å². The van der Waals surface area contributed by atoms with Gasteiger partial charge < -0.3 is 16.4 Å². The summed E-state index contributed by atoms with van der Waals surface area (Å²) in [5.41, 5.74) is 2.50. The highest BCUT2D eigenvalue weighted by Crippen LogP contribution is 2.60. The third kappa shape index (κ3) is 4.81. The first-order valence-electron chi connectivity index (χ1n) is 12.0. The molecule has 4 saturated carbocycles. The summed E-state index contributed by atoms with van der Waals surface area (Å²) in [6, 6.07) is -0.297. The number of nitrogens with one attached hydrogen (secondary N) is 2. The van der Waals surface area contributed by atoms with Crippen molar-refractivity contribution in [2.75, 3.05) is 0 Å². The van der Waals surface area contributed by atoms with Gasteiger partial charge in [-0.05, 0) is 69.8 Å². The lowest BCUT2D eigenvalue weighted by Gasteiger charge is -2.58. The molecule has 35 heavy (non-hydrogen) atoms. The summed E-state index contributed by atoms with van der Waals surface area (Å²) in [6.07, 6.45) is 2.39. The Labute approximate surface area is 201 Å². The van der Waals surface area contributed by atoms with Crippen molar-refractivity contribution >= 4 is 23.9 Å². The minimum absolute atomic E-state index is 0.0185. The maximum absolute atomic E-state index is 14.0. The normalized spacial score (nSPS) is 30.0. The Morgan fingerprint density at radius 1 is 1.20 bits per heavy atom. The number of nitrogens with two attached hydrogens (primary N) is 1. The van der Waals surface area contributed by atoms with Crippen LogP contribution in [0.15, 0.2) is 12.3 Å². The standard InChI is InChI=1S/C24H32F3N5O3/c1-4-17(33)31-22(2,3)5-6-32-19(24(25,26)27)16(12-29-32)20(34)30-18-14-7-13-8-15(18)11-23(9-13,10-14)21(28)35/h5-6,12-15,18H,4,7-11H2,1-3H3,(H2,28,35)(H,30,34)(H,31,33)/b6-5+/t13?,14?,15?,18-,23-. The molecule has 192 valence electrons. The van der Waals surface area contributed by atoms with Gasteiger partial charge in [-0.25, -0.2) is 4.68 Å². The van der Waals surface area contributed by atoms with Crippen LogP contribution in [0.4, 0.5) is 13.2 Å². The van der Waals surface area contributed by atoms with Gasteiger partial charge in [-0.15, -0.1) is 0 Å². The fourth-order valence-electron chi connectivity index (χ4n) is 6.46. The van der Waals surface area contributed by atoms with Crippen molar-refractivity contribution in [3.63, 3.8) is 0 Å². The van der Waals surface area contributed by atoms with E-state index in [1.54, 1.807) is 20.8 Å². The van der Waals surface area contributed by atoms with E-state index in [1.807, 2.05) is 0 Å². The van der Waals surface area contributed by atoms with E-state index in [0.717, 1.165) is 31.7 Å². The largest absolute Gasteiger partial charge is 0.434 e. The average Bonchev–Trinajstić information content (AvgIpc) is 3.19. The van der Waals surface area contributed by atoms with Crippen LogP contribution in [0.2, 0.25) is 0 Å². The van der Waals surface area contributed by atoms with Gasteiger partial charge in [0, 0.05) is 24.1 Å². The predicted octanol–water partition coefficient (Wildman–Crippen LogP) is 3.09. The molecule has 11 heteroatoms. The maximum atomic E-state index is 14.0. The molecule has 0 aromatic carbocycles. The van der Waals surface area contributed by atoms with Crippen molar-refractivity contribution in [2.45, 2.75) is 77.1 Å². The number of aromatic nitrogens is 2. The summed E-state index contributed by atoms with van der Waals surface area (Å²) in [4.78, 5) is 36.9. The zero-order chi connectivity index (χ0) is 25.8. The lowest BCUT2D eigenvalue weighted by Crippen LogP contribution is -2.62. The average molecular weight is 496 g/mol. The SMILES string of the molecule is CCC(=O)NC(C)(C)/C=C/n1ncc(C(=O)N[C@H]2C3CC4CC2C[C@](C(N)=O)(C4)C3)c1C(F)(F)F. The second-order valence-electron chi connectivity index (χ2n) is 10.9. The molecule has 4 N–H and O–H groups in total. The van der Waals surface area contributed by atoms with E-state index in [4.69, 9.17) is 5.73 Å². The van der Waals surface area contributed by atoms with Gasteiger partial charge in [-0.3, -0.25) is 14.4 Å². The smallest absolute Gasteiger partial charge is 0.369 e. The Bertz CT molecular complexity index is 1050. The molecule has 5 rings (SSSR count). The van der Waals surface area contributed by atoms with Gasteiger partial charge in [0.15, 0.2) is 5.69 Å². The van der Waals surface area contributed by atoms with Crippen molar-refractivity contribution < 1.29 is 27.6 Å². The van der Waals surface area contributed by atoms with Gasteiger partial charge >= 0.3 is 6.18 Å². The number of primary amides is 1. The maximum Gasteiger partial charge on any atom is 0.434 e. The van der Waals surface area contributed by atoms with Crippen LogP contribution in [0.25, 0.3) is 6.20 Å². The van der Waals surface area contributed by atoms with Gasteiger partial charge in [0.2, 0.25) is 11.8 Å². The topological polar surface area (TPSA) is 119 Å². The van der Waals surface area contributed by atoms with E-state index in [-0.39, 0.29) is 36.1 Å². The number of carbonyl (C=O) groups excluding carboxylic acids is 3. The highest BCUT2D eigenvalue weighted by molar-refractivity contribution is 5.95. The molecule has 1 aromatic rings. The minimum Gasteiger partial charge on any atom is -0.369 e. The summed E-state index contributed by atoms with van der Waals surface area (Å²) >= 11 is 0. The van der Waals surface area contributed by atoms with Crippen LogP contribution in [0.1, 0.15) is 75.3 Å². The summed E-state index contributed by atoms with van der Waals surface area (Å²) in [5.74, 6) is -0.989. The number of rotatable bonds is 7. The summed E-state index contributed by atoms with van der Waals surface area (Å²) < 4.78 is 42.6. The molecule has 4 aliphatic rings. The third-order valence-electron chi connectivity index (χ3n) is 7.82. The molecule has 4 aliphatic carbocycles. The van der Waals surface area contributed by atoms with Crippen molar-refractivity contribution in [2.24, 2.45) is 28.9 Å². The molecule has 1 heterocycles. The van der Waals surface area contributed by atoms with Crippen molar-refractivity contribution in [1.29, 1.82) is 0 Å². The van der Waals surface area contributed by atoms with Crippen molar-refractivity contribution in [1.82, 2.24) is 20.4 Å². The fourth-order valence-corrected chi connectivity index (χ4v) is 6.46. The van der Waals surface area contributed by atoms with Crippen molar-refractivity contribution in [3.05, 3.63) is 23.5 Å². The molecule has 8 nitrogen and oxygen atoms in total. The summed E-state index contributed by atoms with van der Waals surface area (Å²) in [5, 5.41) is 9.34. The molecular formula is C24H32F3N5O3. The molecule has 2 unspecified atom stereocenters. The molecule has 2 atom stereocenters. The minimum atomic E-state index is -4.83. The molecule has 4 bridgehead atoms. The molecule has 4 fully saturated rings. The second-order valence-corrected chi connectivity index (χ2v) is 10.9. The molecule has 1 aromatic heterocycles. The summed E-state index contributed by atoms with van der Waals surface area (Å²) in [6.45, 7) is 4.96. The predicted molar refractivity (Wildman–Crippen MR) is 122 cm³/mol. The van der Waals surface area contributed by atoms with E-state index in [1.165, 1.54) is 6.08 Å². The van der Waals surface area contributed by atoms with Crippen molar-refractivity contribution in [3.8, 4) is 0 Å². The zero-order valence-electron chi connectivity index (χ0n) is 20.1. The number of hydrogen-bond acceptors (Lipinski definition) is 4. The molecule has 0 radical (unpaired) electrons. The number of alkyl halides is 3. The Hall–Kier alpha value is -2.85. The number of amides is 3. The van der Waals surface area contributed by atoms with Crippen LogP contribution in [0, 0.1) is 23.2 Å². The summed E-state index contributed by atoms with van der Waals surface area (Å²) in [7, 11) is 0. The third-order valence-corrected chi connectivity index (χ3v) is 7.82. The number of hydrogen-bond donors (Lipinski definition) is 3. The lowest BCUT2D eigenvalue weighted by molar-refractivity contribution is -0.145. The molecule has 0 aliphatic heterocycles. The second kappa shape index (κ2) is 8.67. The van der Waals surface area contributed by atoms with Gasteiger partial charge in [-0.1, -0.05) is 6.92 Å². The zero-order valence-corrected chi connectivity index (χ0v) is 20.1. The van der Waals surface area contributed by atoms with Crippen LogP contribution in [0.5, 0.6) is 0 Å². The highest BCUT2D eigenvalue weighted by atomic mass is 19.4. The quantitative estimate of drug-likeness (QED) is 0.539. The van der Waals surface area contributed by atoms with Crippen LogP contribution < -0.4 is 16.4 Å². The monoisotopic (exact) mass is 495 g/mol. The van der Waals surface area contributed by atoms with E-state index in [9.17, 15) is 27.6 Å². The molecular weight excluding hydrogens is 463 g/mol. The molecule has 0 saturated heterocycles. The van der Waals surface area contributed by atoms with Gasteiger partial charge in [0.05, 0.1) is 17.3 Å². The van der Waals surface area contributed by atoms with Gasteiger partial charge in [-0.2, -0.15) is 18.3 Å². The highest BCUT2D eigenvalue weighted by Gasteiger charge is 2.58. The number of carbonyl (C=O) groups is 3. The van der Waals surface area contributed by atoms with Crippen LogP contribution >= 0.6 is 0 Å². The van der Waals surface area contributed by atoms with Gasteiger partial charge in [0.1, 0.15) is 0 Å². The van der Waals surface area contributed by atoms with E-state index in [2.05, 4.69) is 15.7 Å². The number of halogens is 3. The Morgan fingerprint density at radius 3 is 2.37 bits per heavy atom.